The lowest BCUT2D eigenvalue weighted by atomic mass is 10.2. The maximum absolute atomic E-state index is 6.15. The van der Waals surface area contributed by atoms with E-state index in [1.807, 2.05) is 30.3 Å². The number of pyridine rings is 1. The van der Waals surface area contributed by atoms with Crippen LogP contribution in [0.4, 0.5) is 0 Å². The lowest BCUT2D eigenvalue weighted by molar-refractivity contribution is 0.407. The highest BCUT2D eigenvalue weighted by molar-refractivity contribution is 6.31. The van der Waals surface area contributed by atoms with Gasteiger partial charge in [-0.3, -0.25) is 0 Å². The van der Waals surface area contributed by atoms with Crippen molar-refractivity contribution in [1.82, 2.24) is 10.3 Å². The van der Waals surface area contributed by atoms with Gasteiger partial charge >= 0.3 is 0 Å². The summed E-state index contributed by atoms with van der Waals surface area (Å²) in [5.41, 5.74) is 0.957. The second-order valence-corrected chi connectivity index (χ2v) is 5.34. The van der Waals surface area contributed by atoms with Gasteiger partial charge in [0.05, 0.1) is 12.1 Å². The van der Waals surface area contributed by atoms with E-state index < -0.39 is 0 Å². The van der Waals surface area contributed by atoms with Crippen molar-refractivity contribution in [3.8, 4) is 17.4 Å². The Balaban J connectivity index is 2.14. The molecular formula is C16H19ClN2O2. The van der Waals surface area contributed by atoms with Crippen molar-refractivity contribution in [2.45, 2.75) is 26.4 Å². The molecule has 1 aromatic heterocycles. The SMILES string of the molecule is COc1cccc(Oc2cc(CNC(C)C)c(Cl)cn2)c1. The van der Waals surface area contributed by atoms with Gasteiger partial charge in [0, 0.05) is 30.9 Å². The van der Waals surface area contributed by atoms with E-state index in [4.69, 9.17) is 21.1 Å². The molecule has 0 spiro atoms. The third-order valence-electron chi connectivity index (χ3n) is 2.87. The topological polar surface area (TPSA) is 43.4 Å². The molecule has 0 aliphatic carbocycles. The Hall–Kier alpha value is -1.78. The first kappa shape index (κ1) is 15.6. The van der Waals surface area contributed by atoms with E-state index in [-0.39, 0.29) is 0 Å². The number of nitrogens with one attached hydrogen (secondary N) is 1. The first-order valence-corrected chi connectivity index (χ1v) is 7.16. The van der Waals surface area contributed by atoms with Gasteiger partial charge in [0.15, 0.2) is 0 Å². The van der Waals surface area contributed by atoms with E-state index in [9.17, 15) is 0 Å². The van der Waals surface area contributed by atoms with Crippen LogP contribution < -0.4 is 14.8 Å². The van der Waals surface area contributed by atoms with Crippen LogP contribution in [0.15, 0.2) is 36.5 Å². The second kappa shape index (κ2) is 7.29. The van der Waals surface area contributed by atoms with E-state index in [1.54, 1.807) is 13.3 Å². The minimum Gasteiger partial charge on any atom is -0.497 e. The van der Waals surface area contributed by atoms with Crippen molar-refractivity contribution >= 4 is 11.6 Å². The van der Waals surface area contributed by atoms with Crippen molar-refractivity contribution in [2.75, 3.05) is 7.11 Å². The minimum atomic E-state index is 0.386. The summed E-state index contributed by atoms with van der Waals surface area (Å²) in [5, 5.41) is 3.95. The first-order chi connectivity index (χ1) is 10.1. The molecule has 0 aliphatic rings. The third kappa shape index (κ3) is 4.62. The van der Waals surface area contributed by atoms with Crippen LogP contribution in [-0.4, -0.2) is 18.1 Å². The summed E-state index contributed by atoms with van der Waals surface area (Å²) in [4.78, 5) is 4.19. The fourth-order valence-electron chi connectivity index (χ4n) is 1.75. The molecule has 1 aromatic carbocycles. The molecule has 5 heteroatoms. The van der Waals surface area contributed by atoms with E-state index in [0.717, 1.165) is 11.3 Å². The van der Waals surface area contributed by atoms with Crippen LogP contribution in [-0.2, 0) is 6.54 Å². The monoisotopic (exact) mass is 306 g/mol. The van der Waals surface area contributed by atoms with Crippen LogP contribution in [0.5, 0.6) is 17.4 Å². The molecule has 1 N–H and O–H groups in total. The lowest BCUT2D eigenvalue weighted by Gasteiger charge is -2.11. The number of aromatic nitrogens is 1. The number of hydrogen-bond acceptors (Lipinski definition) is 4. The summed E-state index contributed by atoms with van der Waals surface area (Å²) >= 11 is 6.15. The summed E-state index contributed by atoms with van der Waals surface area (Å²) in [7, 11) is 1.62. The standard InChI is InChI=1S/C16H19ClN2O2/c1-11(2)18-9-12-7-16(19-10-15(12)17)21-14-6-4-5-13(8-14)20-3/h4-8,10-11,18H,9H2,1-3H3. The molecule has 1 heterocycles. The van der Waals surface area contributed by atoms with Gasteiger partial charge in [-0.25, -0.2) is 4.98 Å². The molecule has 0 fully saturated rings. The second-order valence-electron chi connectivity index (χ2n) is 4.93. The molecular weight excluding hydrogens is 288 g/mol. The van der Waals surface area contributed by atoms with Gasteiger partial charge in [-0.1, -0.05) is 31.5 Å². The van der Waals surface area contributed by atoms with E-state index in [1.165, 1.54) is 0 Å². The molecule has 0 atom stereocenters. The van der Waals surface area contributed by atoms with Crippen molar-refractivity contribution in [2.24, 2.45) is 0 Å². The van der Waals surface area contributed by atoms with Crippen molar-refractivity contribution < 1.29 is 9.47 Å². The highest BCUT2D eigenvalue weighted by Gasteiger charge is 2.06. The van der Waals surface area contributed by atoms with Gasteiger partial charge < -0.3 is 14.8 Å². The van der Waals surface area contributed by atoms with E-state index in [0.29, 0.717) is 29.2 Å². The summed E-state index contributed by atoms with van der Waals surface area (Å²) in [5.74, 6) is 1.92. The molecule has 112 valence electrons. The van der Waals surface area contributed by atoms with Crippen molar-refractivity contribution in [1.29, 1.82) is 0 Å². The van der Waals surface area contributed by atoms with Crippen LogP contribution in [0.2, 0.25) is 5.02 Å². The molecule has 2 rings (SSSR count). The number of halogens is 1. The number of rotatable bonds is 6. The van der Waals surface area contributed by atoms with Crippen molar-refractivity contribution in [3.05, 3.63) is 47.1 Å². The summed E-state index contributed by atoms with van der Waals surface area (Å²) in [6.45, 7) is 4.85. The molecule has 0 saturated carbocycles. The molecule has 0 amide bonds. The fraction of sp³-hybridized carbons (Fsp3) is 0.312. The van der Waals surface area contributed by atoms with Crippen molar-refractivity contribution in [3.63, 3.8) is 0 Å². The first-order valence-electron chi connectivity index (χ1n) is 6.78. The smallest absolute Gasteiger partial charge is 0.219 e. The van der Waals surface area contributed by atoms with Crippen LogP contribution >= 0.6 is 11.6 Å². The molecule has 2 aromatic rings. The third-order valence-corrected chi connectivity index (χ3v) is 3.21. The molecule has 0 saturated heterocycles. The summed E-state index contributed by atoms with van der Waals surface area (Å²) in [6, 6.07) is 9.62. The quantitative estimate of drug-likeness (QED) is 0.875. The van der Waals surface area contributed by atoms with Gasteiger partial charge in [0.25, 0.3) is 0 Å². The predicted octanol–water partition coefficient (Wildman–Crippen LogP) is 4.03. The average Bonchev–Trinajstić information content (AvgIpc) is 2.48. The zero-order valence-electron chi connectivity index (χ0n) is 12.4. The molecule has 4 nitrogen and oxygen atoms in total. The van der Waals surface area contributed by atoms with E-state index >= 15 is 0 Å². The average molecular weight is 307 g/mol. The number of ether oxygens (including phenoxy) is 2. The van der Waals surface area contributed by atoms with Crippen LogP contribution in [0.25, 0.3) is 0 Å². The number of benzene rings is 1. The Labute approximate surface area is 130 Å². The van der Waals surface area contributed by atoms with Crippen LogP contribution in [0.1, 0.15) is 19.4 Å². The normalized spacial score (nSPS) is 10.7. The minimum absolute atomic E-state index is 0.386. The number of hydrogen-bond donors (Lipinski definition) is 1. The molecule has 0 radical (unpaired) electrons. The fourth-order valence-corrected chi connectivity index (χ4v) is 1.92. The zero-order chi connectivity index (χ0) is 15.2. The van der Waals surface area contributed by atoms with Crippen LogP contribution in [0, 0.1) is 0 Å². The molecule has 0 unspecified atom stereocenters. The summed E-state index contributed by atoms with van der Waals surface area (Å²) < 4.78 is 10.9. The van der Waals surface area contributed by atoms with Gasteiger partial charge in [-0.2, -0.15) is 0 Å². The number of methoxy groups -OCH3 is 1. The maximum atomic E-state index is 6.15. The maximum Gasteiger partial charge on any atom is 0.219 e. The summed E-state index contributed by atoms with van der Waals surface area (Å²) in [6.07, 6.45) is 1.61. The molecule has 0 bridgehead atoms. The Morgan fingerprint density at radius 1 is 1.24 bits per heavy atom. The Kier molecular flexibility index (Phi) is 5.42. The molecule has 21 heavy (non-hydrogen) atoms. The van der Waals surface area contributed by atoms with Gasteiger partial charge in [0.1, 0.15) is 11.5 Å². The Bertz CT molecular complexity index is 603. The molecule has 0 aliphatic heterocycles. The highest BCUT2D eigenvalue weighted by atomic mass is 35.5. The van der Waals surface area contributed by atoms with Gasteiger partial charge in [-0.05, 0) is 17.7 Å². The number of nitrogens with zero attached hydrogens (tertiary/aromatic N) is 1. The Morgan fingerprint density at radius 3 is 2.71 bits per heavy atom. The van der Waals surface area contributed by atoms with Gasteiger partial charge in [-0.15, -0.1) is 0 Å². The highest BCUT2D eigenvalue weighted by Crippen LogP contribution is 2.26. The largest absolute Gasteiger partial charge is 0.497 e. The zero-order valence-corrected chi connectivity index (χ0v) is 13.1. The predicted molar refractivity (Wildman–Crippen MR) is 84.3 cm³/mol. The Morgan fingerprint density at radius 2 is 2.00 bits per heavy atom. The van der Waals surface area contributed by atoms with Crippen LogP contribution in [0.3, 0.4) is 0 Å². The van der Waals surface area contributed by atoms with E-state index in [2.05, 4.69) is 24.1 Å². The lowest BCUT2D eigenvalue weighted by Crippen LogP contribution is -2.22. The van der Waals surface area contributed by atoms with Gasteiger partial charge in [0.2, 0.25) is 5.88 Å².